The third-order valence-corrected chi connectivity index (χ3v) is 3.75. The van der Waals surface area contributed by atoms with Gasteiger partial charge in [0.1, 0.15) is 0 Å². The van der Waals surface area contributed by atoms with Crippen LogP contribution in [0.3, 0.4) is 0 Å². The first-order chi connectivity index (χ1) is 7.86. The highest BCUT2D eigenvalue weighted by Crippen LogP contribution is 2.36. The van der Waals surface area contributed by atoms with Gasteiger partial charge in [0.2, 0.25) is 0 Å². The van der Waals surface area contributed by atoms with Gasteiger partial charge in [0.15, 0.2) is 0 Å². The minimum Gasteiger partial charge on any atom is -0.381 e. The smallest absolute Gasteiger partial charge is 0.381 e. The Balaban J connectivity index is 2.09. The molecule has 0 aromatic heterocycles. The monoisotopic (exact) mass is 327 g/mol. The molecule has 0 saturated heterocycles. The van der Waals surface area contributed by atoms with Gasteiger partial charge in [-0.3, -0.25) is 0 Å². The Labute approximate surface area is 110 Å². The van der Waals surface area contributed by atoms with Crippen LogP contribution in [0.25, 0.3) is 0 Å². The first-order valence-corrected chi connectivity index (χ1v) is 6.36. The highest BCUT2D eigenvalue weighted by molar-refractivity contribution is 9.10. The summed E-state index contributed by atoms with van der Waals surface area (Å²) in [6.07, 6.45) is -2.62. The van der Waals surface area contributed by atoms with Crippen LogP contribution in [0.2, 0.25) is 0 Å². The van der Waals surface area contributed by atoms with Crippen molar-refractivity contribution >= 4 is 33.2 Å². The molecule has 0 atom stereocenters. The van der Waals surface area contributed by atoms with Crippen LogP contribution in [0.1, 0.15) is 18.4 Å². The van der Waals surface area contributed by atoms with Gasteiger partial charge in [-0.1, -0.05) is 0 Å². The molecule has 2 rings (SSSR count). The topological polar surface area (TPSA) is 12.0 Å². The molecule has 1 N–H and O–H groups in total. The van der Waals surface area contributed by atoms with Crippen molar-refractivity contribution in [1.29, 1.82) is 0 Å². The third-order valence-electron chi connectivity index (χ3n) is 2.74. The van der Waals surface area contributed by atoms with Gasteiger partial charge in [-0.25, -0.2) is 0 Å². The summed E-state index contributed by atoms with van der Waals surface area (Å²) in [5, 5.41) is 3.34. The quantitative estimate of drug-likeness (QED) is 0.779. The number of nitrogens with one attached hydrogen (secondary N) is 1. The van der Waals surface area contributed by atoms with Crippen LogP contribution in [0.15, 0.2) is 22.7 Å². The second kappa shape index (κ2) is 4.69. The second-order valence-corrected chi connectivity index (χ2v) is 5.57. The zero-order valence-corrected chi connectivity index (χ0v) is 11.0. The molecule has 0 aliphatic heterocycles. The summed E-state index contributed by atoms with van der Waals surface area (Å²) < 4.78 is 37.7. The third kappa shape index (κ3) is 3.07. The molecule has 1 aliphatic rings. The minimum absolute atomic E-state index is 0.181. The fourth-order valence-electron chi connectivity index (χ4n) is 1.69. The lowest BCUT2D eigenvalue weighted by molar-refractivity contribution is -0.137. The van der Waals surface area contributed by atoms with Gasteiger partial charge in [-0.15, -0.1) is 11.6 Å². The molecule has 94 valence electrons. The van der Waals surface area contributed by atoms with Crippen molar-refractivity contribution in [2.45, 2.75) is 30.4 Å². The molecule has 0 radical (unpaired) electrons. The molecular weight excluding hydrogens is 318 g/mol. The van der Waals surface area contributed by atoms with Crippen molar-refractivity contribution in [2.75, 3.05) is 5.32 Å². The Morgan fingerprint density at radius 1 is 1.29 bits per heavy atom. The van der Waals surface area contributed by atoms with Crippen LogP contribution in [-0.2, 0) is 6.18 Å². The summed E-state index contributed by atoms with van der Waals surface area (Å²) >= 11 is 8.98. The van der Waals surface area contributed by atoms with Gasteiger partial charge in [0.05, 0.1) is 5.56 Å². The molecule has 0 spiro atoms. The standard InChI is InChI=1S/C11H10BrClF3N/c12-9-3-6(11(14,15)16)1-2-10(9)17-8-4-7(13)5-8/h1-3,7-8,17H,4-5H2. The molecule has 1 saturated carbocycles. The van der Waals surface area contributed by atoms with E-state index in [1.807, 2.05) is 0 Å². The maximum absolute atomic E-state index is 12.4. The molecule has 1 aromatic rings. The lowest BCUT2D eigenvalue weighted by atomic mass is 9.92. The SMILES string of the molecule is FC(F)(F)c1ccc(NC2CC(Cl)C2)c(Br)c1. The van der Waals surface area contributed by atoms with E-state index < -0.39 is 11.7 Å². The van der Waals surface area contributed by atoms with E-state index in [-0.39, 0.29) is 11.4 Å². The van der Waals surface area contributed by atoms with E-state index >= 15 is 0 Å². The Morgan fingerprint density at radius 3 is 2.41 bits per heavy atom. The average Bonchev–Trinajstić information content (AvgIpc) is 2.16. The van der Waals surface area contributed by atoms with E-state index in [0.29, 0.717) is 10.2 Å². The highest BCUT2D eigenvalue weighted by atomic mass is 79.9. The predicted molar refractivity (Wildman–Crippen MR) is 65.4 cm³/mol. The van der Waals surface area contributed by atoms with Crippen LogP contribution in [-0.4, -0.2) is 11.4 Å². The first kappa shape index (κ1) is 13.0. The van der Waals surface area contributed by atoms with Crippen LogP contribution in [0.5, 0.6) is 0 Å². The fraction of sp³-hybridized carbons (Fsp3) is 0.455. The summed E-state index contributed by atoms with van der Waals surface area (Å²) in [6, 6.07) is 3.85. The van der Waals surface area contributed by atoms with Crippen LogP contribution in [0, 0.1) is 0 Å². The first-order valence-electron chi connectivity index (χ1n) is 5.13. The van der Waals surface area contributed by atoms with Crippen molar-refractivity contribution in [3.63, 3.8) is 0 Å². The molecule has 1 aliphatic carbocycles. The summed E-state index contributed by atoms with van der Waals surface area (Å²) in [5.41, 5.74) is 0.0188. The zero-order valence-electron chi connectivity index (χ0n) is 8.69. The molecule has 1 aromatic carbocycles. The number of rotatable bonds is 2. The van der Waals surface area contributed by atoms with Gasteiger partial charge in [-0.2, -0.15) is 13.2 Å². The van der Waals surface area contributed by atoms with Gasteiger partial charge < -0.3 is 5.32 Å². The lowest BCUT2D eigenvalue weighted by Crippen LogP contribution is -2.36. The molecule has 0 amide bonds. The Hall–Kier alpha value is -0.420. The number of hydrogen-bond donors (Lipinski definition) is 1. The van der Waals surface area contributed by atoms with E-state index in [9.17, 15) is 13.2 Å². The van der Waals surface area contributed by atoms with E-state index in [1.165, 1.54) is 6.07 Å². The summed E-state index contributed by atoms with van der Waals surface area (Å²) in [4.78, 5) is 0. The Kier molecular flexibility index (Phi) is 3.59. The van der Waals surface area contributed by atoms with Gasteiger partial charge >= 0.3 is 6.18 Å². The number of benzene rings is 1. The molecule has 17 heavy (non-hydrogen) atoms. The maximum Gasteiger partial charge on any atom is 0.416 e. The summed E-state index contributed by atoms with van der Waals surface area (Å²) in [6.45, 7) is 0. The number of halogens is 5. The normalized spacial score (nSPS) is 24.3. The van der Waals surface area contributed by atoms with E-state index in [4.69, 9.17) is 11.6 Å². The molecule has 0 bridgehead atoms. The van der Waals surface area contributed by atoms with E-state index in [1.54, 1.807) is 0 Å². The molecule has 0 unspecified atom stereocenters. The molecule has 1 fully saturated rings. The van der Waals surface area contributed by atoms with Gasteiger partial charge in [-0.05, 0) is 47.0 Å². The second-order valence-electron chi connectivity index (χ2n) is 4.10. The fourth-order valence-corrected chi connectivity index (χ4v) is 2.62. The van der Waals surface area contributed by atoms with Crippen LogP contribution < -0.4 is 5.32 Å². The number of anilines is 1. The van der Waals surface area contributed by atoms with Crippen molar-refractivity contribution in [3.8, 4) is 0 Å². The van der Waals surface area contributed by atoms with E-state index in [2.05, 4.69) is 21.2 Å². The summed E-state index contributed by atoms with van der Waals surface area (Å²) in [7, 11) is 0. The Bertz CT molecular complexity index is 416. The molecule has 0 heterocycles. The van der Waals surface area contributed by atoms with Gasteiger partial charge in [0, 0.05) is 21.6 Å². The molecular formula is C11H10BrClF3N. The van der Waals surface area contributed by atoms with Crippen molar-refractivity contribution in [3.05, 3.63) is 28.2 Å². The van der Waals surface area contributed by atoms with Crippen molar-refractivity contribution in [2.24, 2.45) is 0 Å². The van der Waals surface area contributed by atoms with Crippen molar-refractivity contribution in [1.82, 2.24) is 0 Å². The molecule has 1 nitrogen and oxygen atoms in total. The minimum atomic E-state index is -4.31. The van der Waals surface area contributed by atoms with E-state index in [0.717, 1.165) is 25.0 Å². The molecule has 6 heteroatoms. The van der Waals surface area contributed by atoms with Crippen LogP contribution >= 0.6 is 27.5 Å². The zero-order chi connectivity index (χ0) is 12.6. The summed E-state index contributed by atoms with van der Waals surface area (Å²) in [5.74, 6) is 0. The lowest BCUT2D eigenvalue weighted by Gasteiger charge is -2.32. The average molecular weight is 329 g/mol. The van der Waals surface area contributed by atoms with Crippen molar-refractivity contribution < 1.29 is 13.2 Å². The van der Waals surface area contributed by atoms with Crippen LogP contribution in [0.4, 0.5) is 18.9 Å². The van der Waals surface area contributed by atoms with Gasteiger partial charge in [0.25, 0.3) is 0 Å². The number of hydrogen-bond acceptors (Lipinski definition) is 1. The number of alkyl halides is 4. The largest absolute Gasteiger partial charge is 0.416 e. The highest BCUT2D eigenvalue weighted by Gasteiger charge is 2.31. The Morgan fingerprint density at radius 2 is 1.94 bits per heavy atom. The maximum atomic E-state index is 12.4. The predicted octanol–water partition coefficient (Wildman–Crippen LogP) is 4.65.